The molecule has 6 heteroatoms. The van der Waals surface area contributed by atoms with E-state index in [-0.39, 0.29) is 5.75 Å². The van der Waals surface area contributed by atoms with E-state index in [0.29, 0.717) is 0 Å². The zero-order chi connectivity index (χ0) is 11.6. The molecule has 0 aliphatic heterocycles. The van der Waals surface area contributed by atoms with E-state index in [2.05, 4.69) is 4.74 Å². The Kier molecular flexibility index (Phi) is 4.13. The third-order valence-electron chi connectivity index (χ3n) is 1.82. The summed E-state index contributed by atoms with van der Waals surface area (Å²) in [6.45, 7) is 0. The molecule has 0 bridgehead atoms. The zero-order valence-corrected chi connectivity index (χ0v) is 9.19. The number of hydrogen-bond acceptors (Lipinski definition) is 2. The monoisotopic (exact) mass is 256 g/mol. The Morgan fingerprint density at radius 1 is 1.27 bits per heavy atom. The fourth-order valence-electron chi connectivity index (χ4n) is 1.09. The van der Waals surface area contributed by atoms with Gasteiger partial charge in [-0.3, -0.25) is 0 Å². The number of aliphatic hydroxyl groups excluding tert-OH is 1. The Hall–Kier alpha value is -0.580. The lowest BCUT2D eigenvalue weighted by Gasteiger charge is -2.14. The highest BCUT2D eigenvalue weighted by Gasteiger charge is 2.24. The normalized spacial score (nSPS) is 13.0. The second kappa shape index (κ2) is 4.96. The van der Waals surface area contributed by atoms with Crippen molar-refractivity contribution in [3.8, 4) is 5.75 Å². The molecule has 0 radical (unpaired) electrons. The van der Waals surface area contributed by atoms with Crippen LogP contribution in [0.3, 0.4) is 0 Å². The molecule has 1 aromatic carbocycles. The van der Waals surface area contributed by atoms with Gasteiger partial charge in [-0.25, -0.2) is 8.78 Å². The van der Waals surface area contributed by atoms with Gasteiger partial charge in [-0.05, 0) is 0 Å². The minimum atomic E-state index is -1.61. The van der Waals surface area contributed by atoms with Gasteiger partial charge in [-0.15, -0.1) is 23.2 Å². The van der Waals surface area contributed by atoms with Crippen LogP contribution in [0.1, 0.15) is 11.7 Å². The minimum Gasteiger partial charge on any atom is -0.497 e. The number of alkyl halides is 2. The predicted molar refractivity (Wildman–Crippen MR) is 53.4 cm³/mol. The standard InChI is InChI=1S/C9H8Cl2F2O2/c1-15-4-2-5(12)7(6(13)3-4)8(14)9(10)11/h2-3,8-9,14H,1H3. The van der Waals surface area contributed by atoms with E-state index in [9.17, 15) is 13.9 Å². The summed E-state index contributed by atoms with van der Waals surface area (Å²) in [5.74, 6) is -1.89. The summed E-state index contributed by atoms with van der Waals surface area (Å²) in [6, 6.07) is 1.88. The Bertz CT molecular complexity index is 335. The van der Waals surface area contributed by atoms with Crippen molar-refractivity contribution >= 4 is 23.2 Å². The molecule has 0 amide bonds. The van der Waals surface area contributed by atoms with E-state index in [1.54, 1.807) is 0 Å². The number of hydrogen-bond donors (Lipinski definition) is 1. The van der Waals surface area contributed by atoms with E-state index in [0.717, 1.165) is 12.1 Å². The first-order valence-electron chi connectivity index (χ1n) is 3.96. The van der Waals surface area contributed by atoms with Crippen LogP contribution in [-0.2, 0) is 0 Å². The third-order valence-corrected chi connectivity index (χ3v) is 2.30. The highest BCUT2D eigenvalue weighted by Crippen LogP contribution is 2.30. The number of methoxy groups -OCH3 is 1. The van der Waals surface area contributed by atoms with Gasteiger partial charge in [0.1, 0.15) is 28.3 Å². The molecule has 0 aliphatic rings. The van der Waals surface area contributed by atoms with Crippen LogP contribution in [0.15, 0.2) is 12.1 Å². The molecule has 1 rings (SSSR count). The molecular formula is C9H8Cl2F2O2. The predicted octanol–water partition coefficient (Wildman–Crippen LogP) is 2.81. The lowest BCUT2D eigenvalue weighted by molar-refractivity contribution is 0.182. The summed E-state index contributed by atoms with van der Waals surface area (Å²) in [7, 11) is 1.27. The fraction of sp³-hybridized carbons (Fsp3) is 0.333. The van der Waals surface area contributed by atoms with Crippen molar-refractivity contribution in [2.24, 2.45) is 0 Å². The van der Waals surface area contributed by atoms with Gasteiger partial charge in [0.15, 0.2) is 0 Å². The molecule has 1 aromatic rings. The summed E-state index contributed by atoms with van der Waals surface area (Å²) in [5, 5.41) is 9.34. The zero-order valence-electron chi connectivity index (χ0n) is 7.68. The van der Waals surface area contributed by atoms with Gasteiger partial charge >= 0.3 is 0 Å². The van der Waals surface area contributed by atoms with Gasteiger partial charge in [0.05, 0.1) is 12.7 Å². The number of benzene rings is 1. The minimum absolute atomic E-state index is 0.0154. The van der Waals surface area contributed by atoms with Crippen molar-refractivity contribution in [2.75, 3.05) is 7.11 Å². The molecule has 0 fully saturated rings. The van der Waals surface area contributed by atoms with Crippen molar-refractivity contribution in [1.82, 2.24) is 0 Å². The first-order valence-corrected chi connectivity index (χ1v) is 4.83. The first kappa shape index (κ1) is 12.5. The Morgan fingerprint density at radius 2 is 1.73 bits per heavy atom. The van der Waals surface area contributed by atoms with Gasteiger partial charge in [0.2, 0.25) is 0 Å². The molecule has 1 N–H and O–H groups in total. The Morgan fingerprint density at radius 3 is 2.07 bits per heavy atom. The second-order valence-electron chi connectivity index (χ2n) is 2.78. The van der Waals surface area contributed by atoms with E-state index >= 15 is 0 Å². The number of ether oxygens (including phenoxy) is 1. The van der Waals surface area contributed by atoms with Crippen molar-refractivity contribution in [3.63, 3.8) is 0 Å². The molecule has 0 aliphatic carbocycles. The summed E-state index contributed by atoms with van der Waals surface area (Å²) >= 11 is 10.7. The van der Waals surface area contributed by atoms with E-state index in [4.69, 9.17) is 23.2 Å². The first-order chi connectivity index (χ1) is 6.97. The van der Waals surface area contributed by atoms with Crippen molar-refractivity contribution in [1.29, 1.82) is 0 Å². The van der Waals surface area contributed by atoms with Gasteiger partial charge in [-0.2, -0.15) is 0 Å². The van der Waals surface area contributed by atoms with Crippen LogP contribution < -0.4 is 4.74 Å². The maximum atomic E-state index is 13.3. The maximum Gasteiger partial charge on any atom is 0.137 e. The fourth-order valence-corrected chi connectivity index (χ4v) is 1.34. The maximum absolute atomic E-state index is 13.3. The van der Waals surface area contributed by atoms with E-state index in [1.165, 1.54) is 7.11 Å². The summed E-state index contributed by atoms with van der Waals surface area (Å²) in [4.78, 5) is -1.30. The van der Waals surface area contributed by atoms with Gasteiger partial charge in [-0.1, -0.05) is 0 Å². The molecule has 0 heterocycles. The Labute approximate surface area is 95.4 Å². The molecule has 0 spiro atoms. The van der Waals surface area contributed by atoms with Crippen LogP contribution in [0.25, 0.3) is 0 Å². The molecule has 1 unspecified atom stereocenters. The van der Waals surface area contributed by atoms with Crippen molar-refractivity contribution in [3.05, 3.63) is 29.3 Å². The molecule has 0 saturated carbocycles. The van der Waals surface area contributed by atoms with Gasteiger partial charge in [0.25, 0.3) is 0 Å². The average Bonchev–Trinajstić information content (AvgIpc) is 2.16. The van der Waals surface area contributed by atoms with Gasteiger partial charge < -0.3 is 9.84 Å². The van der Waals surface area contributed by atoms with Crippen molar-refractivity contribution in [2.45, 2.75) is 10.9 Å². The number of aliphatic hydroxyl groups is 1. The molecule has 84 valence electrons. The molecule has 2 nitrogen and oxygen atoms in total. The second-order valence-corrected chi connectivity index (χ2v) is 3.95. The largest absolute Gasteiger partial charge is 0.497 e. The molecule has 0 saturated heterocycles. The van der Waals surface area contributed by atoms with Crippen LogP contribution >= 0.6 is 23.2 Å². The highest BCUT2D eigenvalue weighted by atomic mass is 35.5. The summed E-state index contributed by atoms with van der Waals surface area (Å²) in [5.41, 5.74) is -0.564. The Balaban J connectivity index is 3.19. The highest BCUT2D eigenvalue weighted by molar-refractivity contribution is 6.44. The third kappa shape index (κ3) is 2.71. The van der Waals surface area contributed by atoms with Crippen LogP contribution in [-0.4, -0.2) is 17.1 Å². The lowest BCUT2D eigenvalue weighted by atomic mass is 10.1. The van der Waals surface area contributed by atoms with Crippen molar-refractivity contribution < 1.29 is 18.6 Å². The molecular weight excluding hydrogens is 249 g/mol. The topological polar surface area (TPSA) is 29.5 Å². The van der Waals surface area contributed by atoms with Crippen LogP contribution in [0, 0.1) is 11.6 Å². The summed E-state index contributed by atoms with van der Waals surface area (Å²) in [6.07, 6.45) is -1.61. The van der Waals surface area contributed by atoms with Crippen LogP contribution in [0.2, 0.25) is 0 Å². The lowest BCUT2D eigenvalue weighted by Crippen LogP contribution is -2.11. The summed E-state index contributed by atoms with van der Waals surface area (Å²) < 4.78 is 31.3. The molecule has 1 atom stereocenters. The van der Waals surface area contributed by atoms with E-state index < -0.39 is 28.1 Å². The number of halogens is 4. The molecule has 15 heavy (non-hydrogen) atoms. The average molecular weight is 257 g/mol. The van der Waals surface area contributed by atoms with Crippen LogP contribution in [0.4, 0.5) is 8.78 Å². The smallest absolute Gasteiger partial charge is 0.137 e. The SMILES string of the molecule is COc1cc(F)c(C(O)C(Cl)Cl)c(F)c1. The van der Waals surface area contributed by atoms with E-state index in [1.807, 2.05) is 0 Å². The number of rotatable bonds is 3. The van der Waals surface area contributed by atoms with Gasteiger partial charge in [0, 0.05) is 12.1 Å². The molecule has 0 aromatic heterocycles. The van der Waals surface area contributed by atoms with Crippen LogP contribution in [0.5, 0.6) is 5.75 Å². The quantitative estimate of drug-likeness (QED) is 0.843.